The number of hydrogen-bond donors (Lipinski definition) is 3. The minimum Gasteiger partial charge on any atom is -0.476 e. The summed E-state index contributed by atoms with van der Waals surface area (Å²) in [6, 6.07) is 7.55. The first kappa shape index (κ1) is 13.4. The molecule has 0 spiro atoms. The number of carbonyl (C=O) groups is 1. The molecule has 0 aliphatic heterocycles. The number of aryl methyl sites for hydroxylation is 1. The number of hydrogen-bond acceptors (Lipinski definition) is 4. The molecule has 6 nitrogen and oxygen atoms in total. The lowest BCUT2D eigenvalue weighted by atomic mass is 10.0. The van der Waals surface area contributed by atoms with Crippen molar-refractivity contribution in [2.24, 2.45) is 5.73 Å². The topological polar surface area (TPSA) is 105 Å². The predicted octanol–water partition coefficient (Wildman–Crippen LogP) is 2.41. The van der Waals surface area contributed by atoms with E-state index in [0.29, 0.717) is 18.1 Å². The van der Waals surface area contributed by atoms with Crippen LogP contribution in [0.4, 0.5) is 0 Å². The van der Waals surface area contributed by atoms with E-state index in [4.69, 9.17) is 15.3 Å². The molecule has 4 N–H and O–H groups in total. The van der Waals surface area contributed by atoms with E-state index in [9.17, 15) is 4.79 Å². The highest BCUT2D eigenvalue weighted by Gasteiger charge is 2.19. The third-order valence-corrected chi connectivity index (χ3v) is 3.46. The standard InChI is InChI=1S/C15H15N3O3/c1-8-14(15(19)20)18-13(21-8)6-11(16)10-7-17-12-5-3-2-4-9(10)12/h2-5,7,11,17H,6,16H2,1H3,(H,19,20). The van der Waals surface area contributed by atoms with Crippen molar-refractivity contribution >= 4 is 16.9 Å². The average molecular weight is 285 g/mol. The Balaban J connectivity index is 1.88. The summed E-state index contributed by atoms with van der Waals surface area (Å²) in [7, 11) is 0. The van der Waals surface area contributed by atoms with Crippen LogP contribution in [0.1, 0.15) is 33.7 Å². The monoisotopic (exact) mass is 285 g/mol. The third-order valence-electron chi connectivity index (χ3n) is 3.46. The number of carboxylic acid groups (broad SMARTS) is 1. The highest BCUT2D eigenvalue weighted by atomic mass is 16.4. The van der Waals surface area contributed by atoms with Gasteiger partial charge in [0.1, 0.15) is 5.76 Å². The van der Waals surface area contributed by atoms with Crippen LogP contribution >= 0.6 is 0 Å². The van der Waals surface area contributed by atoms with Crippen molar-refractivity contribution in [3.8, 4) is 0 Å². The summed E-state index contributed by atoms with van der Waals surface area (Å²) < 4.78 is 5.37. The van der Waals surface area contributed by atoms with Crippen LogP contribution < -0.4 is 5.73 Å². The molecule has 1 aromatic carbocycles. The Morgan fingerprint density at radius 1 is 1.48 bits per heavy atom. The summed E-state index contributed by atoms with van der Waals surface area (Å²) in [4.78, 5) is 18.1. The van der Waals surface area contributed by atoms with Gasteiger partial charge in [0.05, 0.1) is 0 Å². The number of benzene rings is 1. The third kappa shape index (κ3) is 2.41. The van der Waals surface area contributed by atoms with E-state index >= 15 is 0 Å². The van der Waals surface area contributed by atoms with Crippen LogP contribution in [-0.2, 0) is 6.42 Å². The van der Waals surface area contributed by atoms with Gasteiger partial charge in [0.15, 0.2) is 11.6 Å². The van der Waals surface area contributed by atoms with Gasteiger partial charge in [-0.15, -0.1) is 0 Å². The summed E-state index contributed by atoms with van der Waals surface area (Å²) in [6.45, 7) is 1.58. The fourth-order valence-electron chi connectivity index (χ4n) is 2.44. The average Bonchev–Trinajstić information content (AvgIpc) is 3.02. The Morgan fingerprint density at radius 2 is 2.24 bits per heavy atom. The molecule has 0 amide bonds. The van der Waals surface area contributed by atoms with Crippen molar-refractivity contribution in [3.05, 3.63) is 53.4 Å². The van der Waals surface area contributed by atoms with E-state index in [2.05, 4.69) is 9.97 Å². The SMILES string of the molecule is Cc1oc(CC(N)c2c[nH]c3ccccc23)nc1C(=O)O. The molecule has 6 heteroatoms. The molecule has 2 aromatic heterocycles. The predicted molar refractivity (Wildman–Crippen MR) is 77.1 cm³/mol. The lowest BCUT2D eigenvalue weighted by molar-refractivity contribution is 0.0689. The van der Waals surface area contributed by atoms with E-state index in [1.807, 2.05) is 30.5 Å². The molecule has 3 aromatic rings. The minimum atomic E-state index is -1.09. The number of rotatable bonds is 4. The maximum Gasteiger partial charge on any atom is 0.358 e. The summed E-state index contributed by atoms with van der Waals surface area (Å²) in [6.07, 6.45) is 2.21. The van der Waals surface area contributed by atoms with Crippen molar-refractivity contribution in [1.29, 1.82) is 0 Å². The van der Waals surface area contributed by atoms with Gasteiger partial charge in [0, 0.05) is 29.6 Å². The number of nitrogens with zero attached hydrogens (tertiary/aromatic N) is 1. The van der Waals surface area contributed by atoms with E-state index in [-0.39, 0.29) is 11.7 Å². The van der Waals surface area contributed by atoms with Crippen LogP contribution in [0.5, 0.6) is 0 Å². The largest absolute Gasteiger partial charge is 0.476 e. The van der Waals surface area contributed by atoms with Crippen LogP contribution in [0.25, 0.3) is 10.9 Å². The van der Waals surface area contributed by atoms with Crippen molar-refractivity contribution in [3.63, 3.8) is 0 Å². The fraction of sp³-hybridized carbons (Fsp3) is 0.200. The van der Waals surface area contributed by atoms with E-state index in [0.717, 1.165) is 16.5 Å². The van der Waals surface area contributed by atoms with Gasteiger partial charge in [-0.3, -0.25) is 0 Å². The van der Waals surface area contributed by atoms with Crippen molar-refractivity contribution in [2.75, 3.05) is 0 Å². The molecule has 0 aliphatic carbocycles. The van der Waals surface area contributed by atoms with Gasteiger partial charge >= 0.3 is 5.97 Å². The van der Waals surface area contributed by atoms with Gasteiger partial charge in [-0.1, -0.05) is 18.2 Å². The minimum absolute atomic E-state index is 0.0591. The van der Waals surface area contributed by atoms with Crippen molar-refractivity contribution < 1.29 is 14.3 Å². The van der Waals surface area contributed by atoms with E-state index < -0.39 is 5.97 Å². The van der Waals surface area contributed by atoms with Crippen molar-refractivity contribution in [1.82, 2.24) is 9.97 Å². The molecule has 0 saturated heterocycles. The van der Waals surface area contributed by atoms with Gasteiger partial charge in [0.2, 0.25) is 0 Å². The first-order valence-corrected chi connectivity index (χ1v) is 6.57. The Labute approximate surface area is 120 Å². The maximum atomic E-state index is 11.0. The summed E-state index contributed by atoms with van der Waals surface area (Å²) in [5.74, 6) is -0.463. The number of nitrogens with two attached hydrogens (primary N) is 1. The normalized spacial score (nSPS) is 12.7. The van der Waals surface area contributed by atoms with Crippen LogP contribution in [-0.4, -0.2) is 21.0 Å². The van der Waals surface area contributed by atoms with Crippen LogP contribution in [0.3, 0.4) is 0 Å². The fourth-order valence-corrected chi connectivity index (χ4v) is 2.44. The van der Waals surface area contributed by atoms with Crippen LogP contribution in [0, 0.1) is 6.92 Å². The van der Waals surface area contributed by atoms with Crippen LogP contribution in [0.15, 0.2) is 34.9 Å². The second-order valence-corrected chi connectivity index (χ2v) is 4.92. The highest BCUT2D eigenvalue weighted by molar-refractivity contribution is 5.86. The molecule has 0 fully saturated rings. The van der Waals surface area contributed by atoms with Crippen LogP contribution in [0.2, 0.25) is 0 Å². The number of para-hydroxylation sites is 1. The van der Waals surface area contributed by atoms with Gasteiger partial charge in [-0.2, -0.15) is 0 Å². The molecule has 1 atom stereocenters. The maximum absolute atomic E-state index is 11.0. The Hall–Kier alpha value is -2.60. The van der Waals surface area contributed by atoms with Crippen molar-refractivity contribution in [2.45, 2.75) is 19.4 Å². The zero-order chi connectivity index (χ0) is 15.0. The summed E-state index contributed by atoms with van der Waals surface area (Å²) in [5.41, 5.74) is 8.12. The first-order chi connectivity index (χ1) is 10.1. The zero-order valence-corrected chi connectivity index (χ0v) is 11.5. The molecule has 3 rings (SSSR count). The molecular weight excluding hydrogens is 270 g/mol. The Kier molecular flexibility index (Phi) is 3.23. The lowest BCUT2D eigenvalue weighted by Crippen LogP contribution is -2.13. The quantitative estimate of drug-likeness (QED) is 0.682. The molecular formula is C15H15N3O3. The second-order valence-electron chi connectivity index (χ2n) is 4.92. The molecule has 0 aliphatic rings. The first-order valence-electron chi connectivity index (χ1n) is 6.57. The zero-order valence-electron chi connectivity index (χ0n) is 11.5. The molecule has 0 saturated carbocycles. The molecule has 21 heavy (non-hydrogen) atoms. The van der Waals surface area contributed by atoms with E-state index in [1.54, 1.807) is 6.92 Å². The van der Waals surface area contributed by atoms with Gasteiger partial charge in [0.25, 0.3) is 0 Å². The number of aromatic nitrogens is 2. The number of nitrogens with one attached hydrogen (secondary N) is 1. The highest BCUT2D eigenvalue weighted by Crippen LogP contribution is 2.25. The number of fused-ring (bicyclic) bond motifs is 1. The number of aromatic carboxylic acids is 1. The number of H-pyrrole nitrogens is 1. The van der Waals surface area contributed by atoms with E-state index in [1.165, 1.54) is 0 Å². The van der Waals surface area contributed by atoms with Gasteiger partial charge < -0.3 is 20.2 Å². The van der Waals surface area contributed by atoms with Gasteiger partial charge in [-0.25, -0.2) is 9.78 Å². The smallest absolute Gasteiger partial charge is 0.358 e. The Bertz CT molecular complexity index is 803. The van der Waals surface area contributed by atoms with Gasteiger partial charge in [-0.05, 0) is 18.6 Å². The summed E-state index contributed by atoms with van der Waals surface area (Å²) in [5, 5.41) is 10.0. The molecule has 0 radical (unpaired) electrons. The number of aromatic amines is 1. The molecule has 0 bridgehead atoms. The number of carboxylic acids is 1. The summed E-state index contributed by atoms with van der Waals surface area (Å²) >= 11 is 0. The number of oxazole rings is 1. The molecule has 108 valence electrons. The molecule has 2 heterocycles. The molecule has 1 unspecified atom stereocenters. The second kappa shape index (κ2) is 5.06. The lowest BCUT2D eigenvalue weighted by Gasteiger charge is -2.08. The Morgan fingerprint density at radius 3 is 2.95 bits per heavy atom.